The van der Waals surface area contributed by atoms with Crippen LogP contribution in [0.4, 0.5) is 0 Å². The average Bonchev–Trinajstić information content (AvgIpc) is 3.06. The molecule has 1 aliphatic carbocycles. The van der Waals surface area contributed by atoms with Crippen LogP contribution in [0.2, 0.25) is 0 Å². The monoisotopic (exact) mass is 331 g/mol. The summed E-state index contributed by atoms with van der Waals surface area (Å²) in [5, 5.41) is 5.36. The molecule has 0 bridgehead atoms. The maximum atomic E-state index is 12.3. The van der Waals surface area contributed by atoms with Gasteiger partial charge in [0.1, 0.15) is 16.4 Å². The van der Waals surface area contributed by atoms with E-state index >= 15 is 0 Å². The van der Waals surface area contributed by atoms with Crippen LogP contribution in [0, 0.1) is 5.92 Å². The van der Waals surface area contributed by atoms with E-state index in [9.17, 15) is 9.59 Å². The van der Waals surface area contributed by atoms with Gasteiger partial charge < -0.3 is 11.1 Å². The SMILES string of the molecule is NC(=O)C1CCC(NC(=O)c2csc(-c3cnccn3)n2)CC1. The van der Waals surface area contributed by atoms with E-state index in [1.807, 2.05) is 0 Å². The van der Waals surface area contributed by atoms with Gasteiger partial charge in [-0.15, -0.1) is 11.3 Å². The number of rotatable bonds is 4. The molecule has 3 N–H and O–H groups in total. The van der Waals surface area contributed by atoms with Crippen LogP contribution in [0.15, 0.2) is 24.0 Å². The molecular weight excluding hydrogens is 314 g/mol. The van der Waals surface area contributed by atoms with Gasteiger partial charge in [-0.1, -0.05) is 0 Å². The Kier molecular flexibility index (Phi) is 4.61. The zero-order chi connectivity index (χ0) is 16.2. The van der Waals surface area contributed by atoms with Gasteiger partial charge in [-0.05, 0) is 25.7 Å². The number of nitrogens with two attached hydrogens (primary N) is 1. The highest BCUT2D eigenvalue weighted by Gasteiger charge is 2.26. The summed E-state index contributed by atoms with van der Waals surface area (Å²) in [5.74, 6) is -0.507. The third-order valence-electron chi connectivity index (χ3n) is 3.98. The van der Waals surface area contributed by atoms with Gasteiger partial charge in [-0.25, -0.2) is 4.98 Å². The van der Waals surface area contributed by atoms with Crippen molar-refractivity contribution in [3.8, 4) is 10.7 Å². The van der Waals surface area contributed by atoms with E-state index in [2.05, 4.69) is 20.3 Å². The summed E-state index contributed by atoms with van der Waals surface area (Å²) in [5.41, 5.74) is 6.35. The van der Waals surface area contributed by atoms with Gasteiger partial charge in [-0.2, -0.15) is 0 Å². The molecule has 1 fully saturated rings. The third kappa shape index (κ3) is 3.70. The maximum absolute atomic E-state index is 12.3. The second-order valence-corrected chi connectivity index (χ2v) is 6.41. The van der Waals surface area contributed by atoms with Crippen molar-refractivity contribution in [1.29, 1.82) is 0 Å². The molecule has 0 saturated heterocycles. The number of hydrogen-bond acceptors (Lipinski definition) is 6. The van der Waals surface area contributed by atoms with Crippen molar-refractivity contribution in [2.24, 2.45) is 11.7 Å². The summed E-state index contributed by atoms with van der Waals surface area (Å²) in [6.07, 6.45) is 7.78. The maximum Gasteiger partial charge on any atom is 0.270 e. The summed E-state index contributed by atoms with van der Waals surface area (Å²) in [7, 11) is 0. The first-order valence-electron chi connectivity index (χ1n) is 7.45. The second-order valence-electron chi connectivity index (χ2n) is 5.55. The molecule has 0 atom stereocenters. The number of nitrogens with zero attached hydrogens (tertiary/aromatic N) is 3. The molecule has 2 amide bonds. The van der Waals surface area contributed by atoms with E-state index in [1.165, 1.54) is 11.3 Å². The van der Waals surface area contributed by atoms with E-state index in [0.717, 1.165) is 25.7 Å². The Bertz CT molecular complexity index is 695. The Labute approximate surface area is 137 Å². The van der Waals surface area contributed by atoms with Crippen LogP contribution >= 0.6 is 11.3 Å². The van der Waals surface area contributed by atoms with Crippen LogP contribution in [-0.2, 0) is 4.79 Å². The molecule has 7 nitrogen and oxygen atoms in total. The number of aromatic nitrogens is 3. The largest absolute Gasteiger partial charge is 0.369 e. The van der Waals surface area contributed by atoms with Crippen molar-refractivity contribution < 1.29 is 9.59 Å². The minimum absolute atomic E-state index is 0.0642. The molecule has 3 rings (SSSR count). The van der Waals surface area contributed by atoms with Crippen LogP contribution in [0.5, 0.6) is 0 Å². The highest BCUT2D eigenvalue weighted by atomic mass is 32.1. The summed E-state index contributed by atoms with van der Waals surface area (Å²) >= 11 is 1.36. The molecule has 23 heavy (non-hydrogen) atoms. The fraction of sp³-hybridized carbons (Fsp3) is 0.400. The Balaban J connectivity index is 1.59. The molecule has 2 aromatic heterocycles. The van der Waals surface area contributed by atoms with E-state index in [1.54, 1.807) is 24.0 Å². The van der Waals surface area contributed by atoms with Crippen LogP contribution in [0.1, 0.15) is 36.2 Å². The minimum Gasteiger partial charge on any atom is -0.369 e. The topological polar surface area (TPSA) is 111 Å². The summed E-state index contributed by atoms with van der Waals surface area (Å²) in [4.78, 5) is 35.9. The molecular formula is C15H17N5O2S. The predicted octanol–water partition coefficient (Wildman–Crippen LogP) is 1.37. The highest BCUT2D eigenvalue weighted by molar-refractivity contribution is 7.13. The van der Waals surface area contributed by atoms with Gasteiger partial charge in [0.25, 0.3) is 5.91 Å². The number of nitrogens with one attached hydrogen (secondary N) is 1. The van der Waals surface area contributed by atoms with Crippen molar-refractivity contribution in [2.75, 3.05) is 0 Å². The Morgan fingerprint density at radius 1 is 1.22 bits per heavy atom. The number of hydrogen-bond donors (Lipinski definition) is 2. The molecule has 0 radical (unpaired) electrons. The van der Waals surface area contributed by atoms with Crippen LogP contribution in [0.25, 0.3) is 10.7 Å². The van der Waals surface area contributed by atoms with Gasteiger partial charge >= 0.3 is 0 Å². The van der Waals surface area contributed by atoms with Crippen LogP contribution in [0.3, 0.4) is 0 Å². The van der Waals surface area contributed by atoms with Crippen molar-refractivity contribution in [3.05, 3.63) is 29.7 Å². The van der Waals surface area contributed by atoms with E-state index in [-0.39, 0.29) is 23.8 Å². The van der Waals surface area contributed by atoms with Gasteiger partial charge in [0, 0.05) is 29.7 Å². The molecule has 8 heteroatoms. The predicted molar refractivity (Wildman–Crippen MR) is 85.5 cm³/mol. The number of primary amides is 1. The lowest BCUT2D eigenvalue weighted by atomic mass is 9.85. The quantitative estimate of drug-likeness (QED) is 0.879. The second kappa shape index (κ2) is 6.82. The summed E-state index contributed by atoms with van der Waals surface area (Å²) in [6, 6.07) is 0.0692. The molecule has 0 spiro atoms. The van der Waals surface area contributed by atoms with Gasteiger partial charge in [0.2, 0.25) is 5.91 Å². The van der Waals surface area contributed by atoms with E-state index < -0.39 is 0 Å². The summed E-state index contributed by atoms with van der Waals surface area (Å²) < 4.78 is 0. The zero-order valence-corrected chi connectivity index (χ0v) is 13.3. The molecule has 1 aliphatic rings. The first-order chi connectivity index (χ1) is 11.1. The smallest absolute Gasteiger partial charge is 0.270 e. The number of amides is 2. The molecule has 120 valence electrons. The molecule has 1 saturated carbocycles. The third-order valence-corrected chi connectivity index (χ3v) is 4.85. The van der Waals surface area contributed by atoms with Crippen molar-refractivity contribution in [1.82, 2.24) is 20.3 Å². The van der Waals surface area contributed by atoms with Gasteiger partial charge in [0.15, 0.2) is 0 Å². The van der Waals surface area contributed by atoms with Crippen LogP contribution in [-0.4, -0.2) is 32.8 Å². The lowest BCUT2D eigenvalue weighted by Crippen LogP contribution is -2.39. The van der Waals surface area contributed by atoms with Gasteiger partial charge in [0.05, 0.1) is 6.20 Å². The molecule has 0 aliphatic heterocycles. The highest BCUT2D eigenvalue weighted by Crippen LogP contribution is 2.25. The first-order valence-corrected chi connectivity index (χ1v) is 8.33. The van der Waals surface area contributed by atoms with Crippen molar-refractivity contribution in [3.63, 3.8) is 0 Å². The molecule has 0 unspecified atom stereocenters. The standard InChI is InChI=1S/C15H17N5O2S/c16-13(21)9-1-3-10(4-2-9)19-14(22)12-8-23-15(20-12)11-7-17-5-6-18-11/h5-10H,1-4H2,(H2,16,21)(H,19,22). The number of carbonyl (C=O) groups excluding carboxylic acids is 2. The minimum atomic E-state index is -0.247. The van der Waals surface area contributed by atoms with E-state index in [0.29, 0.717) is 16.4 Å². The molecule has 0 aromatic carbocycles. The molecule has 2 aromatic rings. The Morgan fingerprint density at radius 3 is 2.65 bits per heavy atom. The Morgan fingerprint density at radius 2 is 2.00 bits per heavy atom. The van der Waals surface area contributed by atoms with E-state index in [4.69, 9.17) is 5.73 Å². The number of thiazole rings is 1. The number of carbonyl (C=O) groups is 2. The van der Waals surface area contributed by atoms with Crippen LogP contribution < -0.4 is 11.1 Å². The van der Waals surface area contributed by atoms with Crippen molar-refractivity contribution in [2.45, 2.75) is 31.7 Å². The zero-order valence-electron chi connectivity index (χ0n) is 12.4. The first kappa shape index (κ1) is 15.5. The van der Waals surface area contributed by atoms with Crippen molar-refractivity contribution >= 4 is 23.2 Å². The summed E-state index contributed by atoms with van der Waals surface area (Å²) in [6.45, 7) is 0. The van der Waals surface area contributed by atoms with Gasteiger partial charge in [-0.3, -0.25) is 19.6 Å². The fourth-order valence-corrected chi connectivity index (χ4v) is 3.45. The normalized spacial score (nSPS) is 20.9. The lowest BCUT2D eigenvalue weighted by molar-refractivity contribution is -0.122. The Hall–Kier alpha value is -2.35. The molecule has 2 heterocycles. The lowest BCUT2D eigenvalue weighted by Gasteiger charge is -2.27. The average molecular weight is 331 g/mol. The fourth-order valence-electron chi connectivity index (χ4n) is 2.69.